The highest BCUT2D eigenvalue weighted by Crippen LogP contribution is 2.27. The molecule has 1 aromatic rings. The number of aryl methyl sites for hydroxylation is 2. The van der Waals surface area contributed by atoms with E-state index in [2.05, 4.69) is 4.98 Å². The van der Waals surface area contributed by atoms with Crippen molar-refractivity contribution in [2.24, 2.45) is 5.73 Å². The highest BCUT2D eigenvalue weighted by Gasteiger charge is 2.14. The van der Waals surface area contributed by atoms with Crippen molar-refractivity contribution < 1.29 is 0 Å². The van der Waals surface area contributed by atoms with Gasteiger partial charge in [-0.25, -0.2) is 4.98 Å². The topological polar surface area (TPSA) is 38.9 Å². The van der Waals surface area contributed by atoms with Crippen LogP contribution in [-0.2, 0) is 12.8 Å². The lowest BCUT2D eigenvalue weighted by Gasteiger charge is -2.06. The van der Waals surface area contributed by atoms with E-state index in [0.29, 0.717) is 0 Å². The average Bonchev–Trinajstić information content (AvgIpc) is 2.48. The number of nitrogens with two attached hydrogens (primary N) is 1. The summed E-state index contributed by atoms with van der Waals surface area (Å²) in [5, 5.41) is 1.12. The van der Waals surface area contributed by atoms with Crippen molar-refractivity contribution in [2.45, 2.75) is 51.5 Å². The summed E-state index contributed by atoms with van der Waals surface area (Å²) in [7, 11) is 0. The van der Waals surface area contributed by atoms with Gasteiger partial charge in [-0.15, -0.1) is 11.3 Å². The van der Waals surface area contributed by atoms with Crippen LogP contribution >= 0.6 is 11.3 Å². The quantitative estimate of drug-likeness (QED) is 0.774. The van der Waals surface area contributed by atoms with Gasteiger partial charge in [0.05, 0.1) is 11.7 Å². The number of hydrogen-bond donors (Lipinski definition) is 1. The van der Waals surface area contributed by atoms with Gasteiger partial charge in [0, 0.05) is 4.88 Å². The summed E-state index contributed by atoms with van der Waals surface area (Å²) in [5.74, 6) is 0. The smallest absolute Gasteiger partial charge is 0.110 e. The molecule has 0 aromatic carbocycles. The van der Waals surface area contributed by atoms with Crippen LogP contribution in [0.15, 0.2) is 0 Å². The molecule has 78 valence electrons. The molecule has 0 aliphatic heterocycles. The van der Waals surface area contributed by atoms with Crippen LogP contribution in [0, 0.1) is 0 Å². The van der Waals surface area contributed by atoms with Gasteiger partial charge in [-0.05, 0) is 32.6 Å². The first-order valence-electron chi connectivity index (χ1n) is 5.51. The van der Waals surface area contributed by atoms with Gasteiger partial charge < -0.3 is 5.73 Å². The van der Waals surface area contributed by atoms with Gasteiger partial charge in [0.1, 0.15) is 5.01 Å². The van der Waals surface area contributed by atoms with Crippen molar-refractivity contribution >= 4 is 11.3 Å². The molecule has 14 heavy (non-hydrogen) atoms. The van der Waals surface area contributed by atoms with Crippen LogP contribution < -0.4 is 5.73 Å². The predicted molar refractivity (Wildman–Crippen MR) is 60.6 cm³/mol. The van der Waals surface area contributed by atoms with Gasteiger partial charge in [0.15, 0.2) is 0 Å². The second kappa shape index (κ2) is 4.41. The molecule has 2 rings (SSSR count). The number of hydrogen-bond acceptors (Lipinski definition) is 3. The van der Waals surface area contributed by atoms with E-state index in [1.54, 1.807) is 0 Å². The summed E-state index contributed by atoms with van der Waals surface area (Å²) in [6.07, 6.45) is 7.76. The maximum atomic E-state index is 5.85. The van der Waals surface area contributed by atoms with E-state index >= 15 is 0 Å². The highest BCUT2D eigenvalue weighted by molar-refractivity contribution is 7.11. The Labute approximate surface area is 89.5 Å². The second-order valence-corrected chi connectivity index (χ2v) is 5.24. The Hall–Kier alpha value is -0.410. The molecule has 0 amide bonds. The van der Waals surface area contributed by atoms with E-state index in [-0.39, 0.29) is 6.04 Å². The first-order chi connectivity index (χ1) is 6.77. The first-order valence-corrected chi connectivity index (χ1v) is 6.33. The molecule has 0 unspecified atom stereocenters. The number of aromatic nitrogens is 1. The van der Waals surface area contributed by atoms with E-state index in [0.717, 1.165) is 5.01 Å². The van der Waals surface area contributed by atoms with Crippen LogP contribution in [-0.4, -0.2) is 4.98 Å². The molecule has 0 spiro atoms. The summed E-state index contributed by atoms with van der Waals surface area (Å²) >= 11 is 1.83. The van der Waals surface area contributed by atoms with Crippen LogP contribution in [0.2, 0.25) is 0 Å². The lowest BCUT2D eigenvalue weighted by Crippen LogP contribution is -2.04. The zero-order valence-corrected chi connectivity index (χ0v) is 9.57. The minimum atomic E-state index is 0.105. The Balaban J connectivity index is 2.23. The van der Waals surface area contributed by atoms with Crippen molar-refractivity contribution in [3.05, 3.63) is 15.6 Å². The van der Waals surface area contributed by atoms with E-state index in [1.165, 1.54) is 49.1 Å². The molecule has 0 saturated heterocycles. The molecule has 3 heteroatoms. The third kappa shape index (κ3) is 2.15. The molecule has 0 bridgehead atoms. The number of nitrogens with zero attached hydrogens (tertiary/aromatic N) is 1. The summed E-state index contributed by atoms with van der Waals surface area (Å²) in [6.45, 7) is 2.02. The third-order valence-corrected chi connectivity index (χ3v) is 4.11. The normalized spacial score (nSPS) is 19.6. The van der Waals surface area contributed by atoms with Gasteiger partial charge in [-0.2, -0.15) is 0 Å². The zero-order chi connectivity index (χ0) is 9.97. The van der Waals surface area contributed by atoms with E-state index < -0.39 is 0 Å². The lowest BCUT2D eigenvalue weighted by atomic mass is 10.0. The fourth-order valence-electron chi connectivity index (χ4n) is 1.92. The van der Waals surface area contributed by atoms with Crippen molar-refractivity contribution in [3.63, 3.8) is 0 Å². The highest BCUT2D eigenvalue weighted by atomic mass is 32.1. The van der Waals surface area contributed by atoms with Gasteiger partial charge >= 0.3 is 0 Å². The number of fused-ring (bicyclic) bond motifs is 1. The Morgan fingerprint density at radius 1 is 1.21 bits per heavy atom. The summed E-state index contributed by atoms with van der Waals surface area (Å²) in [6, 6.07) is 0.105. The SMILES string of the molecule is C[C@H](N)c1nc2c(s1)CCCCCC2. The molecule has 0 fully saturated rings. The number of rotatable bonds is 1. The van der Waals surface area contributed by atoms with Crippen LogP contribution in [0.3, 0.4) is 0 Å². The molecule has 2 N–H and O–H groups in total. The zero-order valence-electron chi connectivity index (χ0n) is 8.75. The second-order valence-electron chi connectivity index (χ2n) is 4.12. The molecule has 0 saturated carbocycles. The summed E-state index contributed by atoms with van der Waals surface area (Å²) < 4.78 is 0. The molecule has 1 aliphatic carbocycles. The molecule has 2 nitrogen and oxygen atoms in total. The maximum Gasteiger partial charge on any atom is 0.110 e. The first kappa shape index (κ1) is 10.1. The minimum absolute atomic E-state index is 0.105. The molecule has 1 heterocycles. The van der Waals surface area contributed by atoms with Crippen LogP contribution in [0.4, 0.5) is 0 Å². The molecule has 0 radical (unpaired) electrons. The average molecular weight is 210 g/mol. The van der Waals surface area contributed by atoms with Crippen LogP contribution in [0.25, 0.3) is 0 Å². The molecular formula is C11H18N2S. The fraction of sp³-hybridized carbons (Fsp3) is 0.727. The van der Waals surface area contributed by atoms with Crippen molar-refractivity contribution in [1.82, 2.24) is 4.98 Å². The molecule has 1 aliphatic rings. The monoisotopic (exact) mass is 210 g/mol. The van der Waals surface area contributed by atoms with Gasteiger partial charge in [0.2, 0.25) is 0 Å². The molecule has 1 atom stereocenters. The van der Waals surface area contributed by atoms with E-state index in [9.17, 15) is 0 Å². The lowest BCUT2D eigenvalue weighted by molar-refractivity contribution is 0.614. The third-order valence-electron chi connectivity index (χ3n) is 2.75. The minimum Gasteiger partial charge on any atom is -0.322 e. The summed E-state index contributed by atoms with van der Waals surface area (Å²) in [4.78, 5) is 6.14. The Bertz CT molecular complexity index is 279. The fourth-order valence-corrected chi connectivity index (χ4v) is 3.03. The number of thiazole rings is 1. The predicted octanol–water partition coefficient (Wildman–Crippen LogP) is 2.82. The van der Waals surface area contributed by atoms with Gasteiger partial charge in [0.25, 0.3) is 0 Å². The van der Waals surface area contributed by atoms with E-state index in [4.69, 9.17) is 5.73 Å². The van der Waals surface area contributed by atoms with Crippen LogP contribution in [0.1, 0.15) is 54.2 Å². The molecule has 1 aromatic heterocycles. The summed E-state index contributed by atoms with van der Waals surface area (Å²) in [5.41, 5.74) is 7.19. The maximum absolute atomic E-state index is 5.85. The van der Waals surface area contributed by atoms with E-state index in [1.807, 2.05) is 18.3 Å². The largest absolute Gasteiger partial charge is 0.322 e. The van der Waals surface area contributed by atoms with Crippen molar-refractivity contribution in [3.8, 4) is 0 Å². The Morgan fingerprint density at radius 2 is 1.93 bits per heavy atom. The standard InChI is InChI=1S/C11H18N2S/c1-8(12)11-13-9-6-4-2-3-5-7-10(9)14-11/h8H,2-7,12H2,1H3/t8-/m0/s1. The van der Waals surface area contributed by atoms with Crippen molar-refractivity contribution in [2.75, 3.05) is 0 Å². The molecular weight excluding hydrogens is 192 g/mol. The van der Waals surface area contributed by atoms with Gasteiger partial charge in [-0.1, -0.05) is 12.8 Å². The Morgan fingerprint density at radius 3 is 2.64 bits per heavy atom. The Kier molecular flexibility index (Phi) is 3.19. The van der Waals surface area contributed by atoms with Crippen molar-refractivity contribution in [1.29, 1.82) is 0 Å². The van der Waals surface area contributed by atoms with Crippen LogP contribution in [0.5, 0.6) is 0 Å². The van der Waals surface area contributed by atoms with Gasteiger partial charge in [-0.3, -0.25) is 0 Å².